The number of hydrogen-bond acceptors (Lipinski definition) is 4. The van der Waals surface area contributed by atoms with Gasteiger partial charge >= 0.3 is 0 Å². The third-order valence-corrected chi connectivity index (χ3v) is 4.36. The van der Waals surface area contributed by atoms with Crippen LogP contribution in [0.1, 0.15) is 5.56 Å². The molecule has 0 saturated carbocycles. The van der Waals surface area contributed by atoms with Crippen LogP contribution in [-0.4, -0.2) is 16.7 Å². The predicted octanol–water partition coefficient (Wildman–Crippen LogP) is 4.04. The number of carbonyl (C=O) groups is 1. The Morgan fingerprint density at radius 3 is 2.69 bits per heavy atom. The van der Waals surface area contributed by atoms with Gasteiger partial charge in [-0.15, -0.1) is 0 Å². The van der Waals surface area contributed by atoms with Gasteiger partial charge in [-0.1, -0.05) is 52.8 Å². The average molecular weight is 296 g/mol. The van der Waals surface area contributed by atoms with E-state index in [0.29, 0.717) is 28.1 Å². The van der Waals surface area contributed by atoms with E-state index in [2.05, 4.69) is 0 Å². The summed E-state index contributed by atoms with van der Waals surface area (Å²) < 4.78 is 0.0662. The van der Waals surface area contributed by atoms with E-state index in [-0.39, 0.29) is 4.45 Å². The minimum absolute atomic E-state index is 0.0662. The van der Waals surface area contributed by atoms with Crippen molar-refractivity contribution >= 4 is 51.2 Å². The zero-order valence-corrected chi connectivity index (χ0v) is 11.6. The van der Waals surface area contributed by atoms with E-state index in [4.69, 9.17) is 28.9 Å². The molecule has 0 aliphatic carbocycles. The second-order valence-electron chi connectivity index (χ2n) is 2.91. The van der Waals surface area contributed by atoms with Crippen LogP contribution in [0.4, 0.5) is 4.79 Å². The second kappa shape index (κ2) is 7.45. The molecule has 0 saturated heterocycles. The molecule has 88 valence electrons. The summed E-state index contributed by atoms with van der Waals surface area (Å²) in [5.74, 6) is 1.21. The van der Waals surface area contributed by atoms with Crippen LogP contribution >= 0.6 is 46.7 Å². The second-order valence-corrected chi connectivity index (χ2v) is 6.03. The molecule has 0 unspecified atom stereocenters. The van der Waals surface area contributed by atoms with E-state index in [0.717, 1.165) is 5.56 Å². The molecule has 0 aromatic heterocycles. The molecule has 0 fully saturated rings. The minimum Gasteiger partial charge on any atom is -0.330 e. The lowest BCUT2D eigenvalue weighted by Gasteiger charge is -2.03. The van der Waals surface area contributed by atoms with Gasteiger partial charge in [0, 0.05) is 28.1 Å². The summed E-state index contributed by atoms with van der Waals surface area (Å²) >= 11 is 14.2. The van der Waals surface area contributed by atoms with E-state index in [1.54, 1.807) is 12.1 Å². The molecule has 0 heterocycles. The number of hydrogen-bond donors (Lipinski definition) is 1. The van der Waals surface area contributed by atoms with Crippen LogP contribution in [0.5, 0.6) is 0 Å². The van der Waals surface area contributed by atoms with Crippen molar-refractivity contribution in [1.82, 2.24) is 0 Å². The summed E-state index contributed by atoms with van der Waals surface area (Å²) in [6, 6.07) is 5.27. The summed E-state index contributed by atoms with van der Waals surface area (Å²) in [6.07, 6.45) is 0. The smallest absolute Gasteiger partial charge is 0.246 e. The zero-order valence-electron chi connectivity index (χ0n) is 8.41. The van der Waals surface area contributed by atoms with Gasteiger partial charge in [0.15, 0.2) is 0 Å². The van der Waals surface area contributed by atoms with E-state index < -0.39 is 0 Å². The molecule has 2 N–H and O–H groups in total. The molecule has 0 radical (unpaired) electrons. The summed E-state index contributed by atoms with van der Waals surface area (Å²) in [6.45, 7) is 0.513. The zero-order chi connectivity index (χ0) is 12.0. The van der Waals surface area contributed by atoms with Crippen molar-refractivity contribution in [1.29, 1.82) is 0 Å². The lowest BCUT2D eigenvalue weighted by molar-refractivity contribution is 0.276. The normalized spacial score (nSPS) is 10.4. The monoisotopic (exact) mass is 295 g/mol. The van der Waals surface area contributed by atoms with Crippen molar-refractivity contribution in [3.8, 4) is 0 Å². The van der Waals surface area contributed by atoms with Crippen molar-refractivity contribution in [3.05, 3.63) is 33.8 Å². The number of rotatable bonds is 4. The van der Waals surface area contributed by atoms with E-state index in [1.807, 2.05) is 6.07 Å². The lowest BCUT2D eigenvalue weighted by Crippen LogP contribution is -2.02. The predicted molar refractivity (Wildman–Crippen MR) is 74.7 cm³/mol. The molecular weight excluding hydrogens is 285 g/mol. The van der Waals surface area contributed by atoms with E-state index >= 15 is 0 Å². The van der Waals surface area contributed by atoms with Crippen molar-refractivity contribution in [3.63, 3.8) is 0 Å². The van der Waals surface area contributed by atoms with E-state index in [1.165, 1.54) is 23.5 Å². The lowest BCUT2D eigenvalue weighted by atomic mass is 10.2. The first-order valence-corrected chi connectivity index (χ1v) is 7.29. The van der Waals surface area contributed by atoms with Gasteiger partial charge in [-0.05, 0) is 17.7 Å². The first kappa shape index (κ1) is 14.2. The Balaban J connectivity index is 2.45. The van der Waals surface area contributed by atoms with Crippen LogP contribution < -0.4 is 5.73 Å². The SMILES string of the molecule is NCCSC(=O)SCc1ccc(Cl)cc1Cl. The van der Waals surface area contributed by atoms with Gasteiger partial charge in [0.25, 0.3) is 0 Å². The Hall–Kier alpha value is 0.130. The molecule has 0 aliphatic rings. The van der Waals surface area contributed by atoms with Gasteiger partial charge in [-0.25, -0.2) is 0 Å². The van der Waals surface area contributed by atoms with Gasteiger partial charge in [0.2, 0.25) is 4.45 Å². The Kier molecular flexibility index (Phi) is 6.61. The maximum atomic E-state index is 11.4. The fourth-order valence-electron chi connectivity index (χ4n) is 0.959. The van der Waals surface area contributed by atoms with Gasteiger partial charge in [-0.2, -0.15) is 0 Å². The van der Waals surface area contributed by atoms with E-state index in [9.17, 15) is 4.79 Å². The molecule has 0 atom stereocenters. The number of nitrogens with two attached hydrogens (primary N) is 1. The topological polar surface area (TPSA) is 43.1 Å². The fourth-order valence-corrected chi connectivity index (χ4v) is 3.08. The first-order valence-electron chi connectivity index (χ1n) is 4.57. The fraction of sp³-hybridized carbons (Fsp3) is 0.300. The molecule has 1 rings (SSSR count). The van der Waals surface area contributed by atoms with Crippen LogP contribution in [0.2, 0.25) is 10.0 Å². The maximum absolute atomic E-state index is 11.4. The molecule has 0 bridgehead atoms. The third-order valence-electron chi connectivity index (χ3n) is 1.70. The molecule has 1 aromatic carbocycles. The van der Waals surface area contributed by atoms with Crippen LogP contribution in [0.15, 0.2) is 18.2 Å². The van der Waals surface area contributed by atoms with Gasteiger partial charge in [0.1, 0.15) is 0 Å². The van der Waals surface area contributed by atoms with Crippen LogP contribution in [-0.2, 0) is 5.75 Å². The van der Waals surface area contributed by atoms with Gasteiger partial charge < -0.3 is 5.73 Å². The highest BCUT2D eigenvalue weighted by molar-refractivity contribution is 8.38. The standard InChI is InChI=1S/C10H11Cl2NOS2/c11-8-2-1-7(9(12)5-8)6-16-10(14)15-4-3-13/h1-2,5H,3-4,6,13H2. The minimum atomic E-state index is 0.0662. The third kappa shape index (κ3) is 4.97. The highest BCUT2D eigenvalue weighted by Crippen LogP contribution is 2.27. The Morgan fingerprint density at radius 1 is 1.31 bits per heavy atom. The Bertz CT molecular complexity index is 374. The highest BCUT2D eigenvalue weighted by atomic mass is 35.5. The summed E-state index contributed by atoms with van der Waals surface area (Å²) in [7, 11) is 0. The molecule has 16 heavy (non-hydrogen) atoms. The van der Waals surface area contributed by atoms with Crippen LogP contribution in [0.25, 0.3) is 0 Å². The first-order chi connectivity index (χ1) is 7.63. The van der Waals surface area contributed by atoms with Crippen LogP contribution in [0, 0.1) is 0 Å². The molecular formula is C10H11Cl2NOS2. The quantitative estimate of drug-likeness (QED) is 0.910. The van der Waals surface area contributed by atoms with Crippen molar-refractivity contribution in [2.75, 3.05) is 12.3 Å². The Morgan fingerprint density at radius 2 is 2.06 bits per heavy atom. The molecule has 1 aromatic rings. The number of thioether (sulfide) groups is 2. The summed E-state index contributed by atoms with van der Waals surface area (Å²) in [4.78, 5) is 11.4. The maximum Gasteiger partial charge on any atom is 0.246 e. The Labute approximate surface area is 113 Å². The van der Waals surface area contributed by atoms with Crippen molar-refractivity contribution in [2.24, 2.45) is 5.73 Å². The van der Waals surface area contributed by atoms with Crippen LogP contribution in [0.3, 0.4) is 0 Å². The highest BCUT2D eigenvalue weighted by Gasteiger charge is 2.06. The molecule has 0 aliphatic heterocycles. The number of halogens is 2. The van der Waals surface area contributed by atoms with Crippen molar-refractivity contribution < 1.29 is 4.79 Å². The summed E-state index contributed by atoms with van der Waals surface area (Å²) in [5.41, 5.74) is 6.22. The van der Waals surface area contributed by atoms with Crippen molar-refractivity contribution in [2.45, 2.75) is 5.75 Å². The molecule has 6 heteroatoms. The van der Waals surface area contributed by atoms with Gasteiger partial charge in [-0.3, -0.25) is 4.79 Å². The summed E-state index contributed by atoms with van der Waals surface area (Å²) in [5, 5.41) is 1.19. The number of benzene rings is 1. The molecule has 0 spiro atoms. The largest absolute Gasteiger partial charge is 0.330 e. The average Bonchev–Trinajstić information content (AvgIpc) is 2.25. The molecule has 0 amide bonds. The van der Waals surface area contributed by atoms with Gasteiger partial charge in [0.05, 0.1) is 0 Å². The number of carbonyl (C=O) groups excluding carboxylic acids is 1. The molecule has 2 nitrogen and oxygen atoms in total.